The van der Waals surface area contributed by atoms with Crippen molar-refractivity contribution in [1.82, 2.24) is 41.0 Å². The van der Waals surface area contributed by atoms with Crippen LogP contribution >= 0.6 is 0 Å². The fourth-order valence-corrected chi connectivity index (χ4v) is 5.32. The maximum Gasteiger partial charge on any atom is 0.354 e. The van der Waals surface area contributed by atoms with Gasteiger partial charge in [-0.2, -0.15) is 5.21 Å². The number of amides is 2. The van der Waals surface area contributed by atoms with E-state index in [9.17, 15) is 24.7 Å². The average molecular weight is 623 g/mol. The van der Waals surface area contributed by atoms with Crippen LogP contribution in [0.3, 0.4) is 0 Å². The van der Waals surface area contributed by atoms with E-state index in [1.54, 1.807) is 34.3 Å². The van der Waals surface area contributed by atoms with E-state index in [4.69, 9.17) is 0 Å². The Morgan fingerprint density at radius 2 is 1.63 bits per heavy atom. The third-order valence-corrected chi connectivity index (χ3v) is 7.65. The minimum Gasteiger partial charge on any atom is -0.477 e. The van der Waals surface area contributed by atoms with Gasteiger partial charge in [0.2, 0.25) is 11.7 Å². The Hall–Kier alpha value is -5.69. The SMILES string of the molecule is CCCCc1nc(CNC(=O)C(Cc2ccccc2)C(=O)NO)c(C(=O)O)n1Cc1ccc(-c2ccccc2-c2nn[nH]n2)cc1. The van der Waals surface area contributed by atoms with E-state index in [0.29, 0.717) is 18.1 Å². The normalized spacial score (nSPS) is 11.6. The second-order valence-corrected chi connectivity index (χ2v) is 10.7. The Kier molecular flexibility index (Phi) is 10.2. The molecule has 0 bridgehead atoms. The number of hydrogen-bond acceptors (Lipinski definition) is 8. The zero-order chi connectivity index (χ0) is 32.5. The molecule has 13 heteroatoms. The average Bonchev–Trinajstić information content (AvgIpc) is 3.74. The van der Waals surface area contributed by atoms with Crippen molar-refractivity contribution < 1.29 is 24.7 Å². The van der Waals surface area contributed by atoms with Crippen molar-refractivity contribution in [3.8, 4) is 22.5 Å². The van der Waals surface area contributed by atoms with Gasteiger partial charge in [0.05, 0.1) is 12.2 Å². The molecule has 13 nitrogen and oxygen atoms in total. The van der Waals surface area contributed by atoms with Crippen molar-refractivity contribution in [2.45, 2.75) is 45.7 Å². The first-order chi connectivity index (χ1) is 22.4. The predicted molar refractivity (Wildman–Crippen MR) is 167 cm³/mol. The van der Waals surface area contributed by atoms with Crippen LogP contribution in [0.4, 0.5) is 0 Å². The number of tetrazole rings is 1. The maximum absolute atomic E-state index is 13.1. The van der Waals surface area contributed by atoms with Crippen LogP contribution in [-0.2, 0) is 35.5 Å². The summed E-state index contributed by atoms with van der Waals surface area (Å²) in [6.45, 7) is 2.08. The highest BCUT2D eigenvalue weighted by molar-refractivity contribution is 6.00. The van der Waals surface area contributed by atoms with Crippen LogP contribution in [0.25, 0.3) is 22.5 Å². The molecule has 5 aromatic rings. The third-order valence-electron chi connectivity index (χ3n) is 7.65. The van der Waals surface area contributed by atoms with E-state index >= 15 is 0 Å². The first-order valence-electron chi connectivity index (χ1n) is 14.9. The fourth-order valence-electron chi connectivity index (χ4n) is 5.32. The second-order valence-electron chi connectivity index (χ2n) is 10.7. The number of carboxylic acid groups (broad SMARTS) is 1. The number of imidazole rings is 1. The van der Waals surface area contributed by atoms with Crippen molar-refractivity contribution in [2.24, 2.45) is 5.92 Å². The van der Waals surface area contributed by atoms with Crippen molar-refractivity contribution >= 4 is 17.8 Å². The number of carboxylic acids is 1. The van der Waals surface area contributed by atoms with Crippen LogP contribution in [0.2, 0.25) is 0 Å². The van der Waals surface area contributed by atoms with Crippen molar-refractivity contribution in [3.05, 3.63) is 107 Å². The Balaban J connectivity index is 1.39. The first kappa shape index (κ1) is 31.7. The largest absolute Gasteiger partial charge is 0.477 e. The monoisotopic (exact) mass is 622 g/mol. The molecular formula is C33H34N8O5. The molecule has 0 fully saturated rings. The van der Waals surface area contributed by atoms with Gasteiger partial charge in [0.15, 0.2) is 5.69 Å². The van der Waals surface area contributed by atoms with Gasteiger partial charge < -0.3 is 15.0 Å². The zero-order valence-electron chi connectivity index (χ0n) is 25.2. The van der Waals surface area contributed by atoms with E-state index in [-0.39, 0.29) is 30.9 Å². The molecule has 3 aromatic carbocycles. The molecule has 236 valence electrons. The minimum absolute atomic E-state index is 0.0378. The molecule has 0 aliphatic heterocycles. The summed E-state index contributed by atoms with van der Waals surface area (Å²) in [7, 11) is 0. The molecule has 0 saturated carbocycles. The Morgan fingerprint density at radius 1 is 0.913 bits per heavy atom. The number of nitrogens with zero attached hydrogens (tertiary/aromatic N) is 5. The number of aromatic nitrogens is 6. The summed E-state index contributed by atoms with van der Waals surface area (Å²) in [4.78, 5) is 42.7. The van der Waals surface area contributed by atoms with Crippen LogP contribution in [0, 0.1) is 5.92 Å². The summed E-state index contributed by atoms with van der Waals surface area (Å²) in [6.07, 6.45) is 2.28. The summed E-state index contributed by atoms with van der Waals surface area (Å²) in [6, 6.07) is 24.4. The smallest absolute Gasteiger partial charge is 0.354 e. The number of benzene rings is 3. The molecule has 2 amide bonds. The number of aromatic carboxylic acids is 1. The number of carbonyl (C=O) groups excluding carboxylic acids is 2. The van der Waals surface area contributed by atoms with Gasteiger partial charge in [-0.15, -0.1) is 10.2 Å². The van der Waals surface area contributed by atoms with Crippen LogP contribution in [-0.4, -0.2) is 58.3 Å². The highest BCUT2D eigenvalue weighted by atomic mass is 16.5. The number of H-pyrrole nitrogens is 1. The molecule has 0 spiro atoms. The quantitative estimate of drug-likeness (QED) is 0.0697. The lowest BCUT2D eigenvalue weighted by molar-refractivity contribution is -0.140. The summed E-state index contributed by atoms with van der Waals surface area (Å²) >= 11 is 0. The molecule has 1 unspecified atom stereocenters. The van der Waals surface area contributed by atoms with Crippen LogP contribution in [0.1, 0.15) is 52.9 Å². The predicted octanol–water partition coefficient (Wildman–Crippen LogP) is 3.80. The molecule has 5 rings (SSSR count). The van der Waals surface area contributed by atoms with E-state index in [1.165, 1.54) is 0 Å². The standard InChI is InChI=1S/C33H34N8O5/c1-2-3-13-28-35-27(19-34-31(42)26(32(43)38-46)18-21-9-5-4-6-10-21)29(33(44)45)41(28)20-22-14-16-23(17-15-22)24-11-7-8-12-25(24)30-36-39-40-37-30/h4-12,14-17,26,46H,2-3,13,18-20H2,1H3,(H,34,42)(H,38,43)(H,44,45)(H,36,37,39,40). The van der Waals surface area contributed by atoms with Gasteiger partial charge in [0, 0.05) is 18.5 Å². The van der Waals surface area contributed by atoms with Gasteiger partial charge in [-0.1, -0.05) is 92.2 Å². The minimum atomic E-state index is -1.23. The van der Waals surface area contributed by atoms with Crippen molar-refractivity contribution in [2.75, 3.05) is 0 Å². The van der Waals surface area contributed by atoms with Gasteiger partial charge in [-0.3, -0.25) is 14.8 Å². The van der Waals surface area contributed by atoms with Crippen LogP contribution < -0.4 is 10.8 Å². The summed E-state index contributed by atoms with van der Waals surface area (Å²) in [5, 5.41) is 36.6. The fraction of sp³-hybridized carbons (Fsp3) is 0.242. The highest BCUT2D eigenvalue weighted by Gasteiger charge is 2.28. The van der Waals surface area contributed by atoms with E-state index in [0.717, 1.165) is 40.7 Å². The van der Waals surface area contributed by atoms with Gasteiger partial charge in [-0.25, -0.2) is 15.3 Å². The van der Waals surface area contributed by atoms with Crippen LogP contribution in [0.15, 0.2) is 78.9 Å². The number of nitrogens with one attached hydrogen (secondary N) is 3. The Morgan fingerprint density at radius 3 is 2.28 bits per heavy atom. The van der Waals surface area contributed by atoms with Gasteiger partial charge >= 0.3 is 5.97 Å². The molecule has 1 atom stereocenters. The summed E-state index contributed by atoms with van der Waals surface area (Å²) < 4.78 is 1.67. The lowest BCUT2D eigenvalue weighted by Crippen LogP contribution is -2.41. The number of unbranched alkanes of at least 4 members (excludes halogenated alkanes) is 1. The van der Waals surface area contributed by atoms with E-state index < -0.39 is 23.7 Å². The molecule has 46 heavy (non-hydrogen) atoms. The first-order valence-corrected chi connectivity index (χ1v) is 14.9. The third kappa shape index (κ3) is 7.33. The van der Waals surface area contributed by atoms with E-state index in [1.807, 2.05) is 61.5 Å². The van der Waals surface area contributed by atoms with Crippen molar-refractivity contribution in [1.29, 1.82) is 0 Å². The molecule has 5 N–H and O–H groups in total. The molecule has 2 aromatic heterocycles. The highest BCUT2D eigenvalue weighted by Crippen LogP contribution is 2.30. The number of aryl methyl sites for hydroxylation is 1. The maximum atomic E-state index is 13.1. The van der Waals surface area contributed by atoms with Crippen LogP contribution in [0.5, 0.6) is 0 Å². The number of hydroxylamine groups is 1. The molecule has 2 heterocycles. The molecule has 0 radical (unpaired) electrons. The summed E-state index contributed by atoms with van der Waals surface area (Å²) in [5.41, 5.74) is 5.96. The van der Waals surface area contributed by atoms with Gasteiger partial charge in [0.1, 0.15) is 11.7 Å². The zero-order valence-corrected chi connectivity index (χ0v) is 25.2. The number of rotatable bonds is 14. The summed E-state index contributed by atoms with van der Waals surface area (Å²) in [5.74, 6) is -2.87. The molecule has 0 saturated heterocycles. The molecular weight excluding hydrogens is 588 g/mol. The van der Waals surface area contributed by atoms with Gasteiger partial charge in [0.25, 0.3) is 5.91 Å². The van der Waals surface area contributed by atoms with Gasteiger partial charge in [-0.05, 0) is 40.3 Å². The number of aromatic amines is 1. The Labute approximate surface area is 264 Å². The molecule has 0 aliphatic rings. The Bertz CT molecular complexity index is 1790. The number of hydrogen-bond donors (Lipinski definition) is 5. The topological polar surface area (TPSA) is 188 Å². The lowest BCUT2D eigenvalue weighted by atomic mass is 9.97. The molecule has 0 aliphatic carbocycles. The number of carbonyl (C=O) groups is 3. The van der Waals surface area contributed by atoms with E-state index in [2.05, 4.69) is 30.9 Å². The lowest BCUT2D eigenvalue weighted by Gasteiger charge is -2.15. The second kappa shape index (κ2) is 14.9. The van der Waals surface area contributed by atoms with Crippen molar-refractivity contribution in [3.63, 3.8) is 0 Å².